The molecule has 0 spiro atoms. The predicted octanol–water partition coefficient (Wildman–Crippen LogP) is 3.84. The summed E-state index contributed by atoms with van der Waals surface area (Å²) >= 11 is 0.919. The van der Waals surface area contributed by atoms with Crippen LogP contribution in [0.4, 0.5) is 10.1 Å². The van der Waals surface area contributed by atoms with Gasteiger partial charge in [-0.25, -0.2) is 4.39 Å². The zero-order chi connectivity index (χ0) is 35.3. The van der Waals surface area contributed by atoms with E-state index in [1.54, 1.807) is 41.8 Å². The highest BCUT2D eigenvalue weighted by molar-refractivity contribution is 7.07. The van der Waals surface area contributed by atoms with Crippen molar-refractivity contribution in [3.63, 3.8) is 0 Å². The Balaban J connectivity index is 1.37. The highest BCUT2D eigenvalue weighted by atomic mass is 32.1. The Kier molecular flexibility index (Phi) is 11.4. The van der Waals surface area contributed by atoms with E-state index < -0.39 is 41.0 Å². The van der Waals surface area contributed by atoms with Crippen molar-refractivity contribution in [2.45, 2.75) is 83.3 Å². The molecule has 3 aromatic rings. The number of hydrogen-bond donors (Lipinski definition) is 3. The number of aromatic nitrogens is 4. The lowest BCUT2D eigenvalue weighted by atomic mass is 9.75. The molecule has 3 heterocycles. The first kappa shape index (κ1) is 36.1. The van der Waals surface area contributed by atoms with Gasteiger partial charge in [0.2, 0.25) is 11.8 Å². The Hall–Kier alpha value is -4.24. The Labute approximate surface area is 290 Å². The van der Waals surface area contributed by atoms with Crippen LogP contribution in [0.25, 0.3) is 0 Å². The number of amides is 4. The van der Waals surface area contributed by atoms with Crippen molar-refractivity contribution in [2.24, 2.45) is 5.92 Å². The van der Waals surface area contributed by atoms with E-state index in [4.69, 9.17) is 0 Å². The third-order valence-electron chi connectivity index (χ3n) is 9.88. The van der Waals surface area contributed by atoms with Gasteiger partial charge in [0.15, 0.2) is 0 Å². The quantitative estimate of drug-likeness (QED) is 0.274. The predicted molar refractivity (Wildman–Crippen MR) is 184 cm³/mol. The topological polar surface area (TPSA) is 154 Å². The van der Waals surface area contributed by atoms with E-state index in [2.05, 4.69) is 35.5 Å². The maximum Gasteiger partial charge on any atom is 0.270 e. The maximum absolute atomic E-state index is 15.9. The summed E-state index contributed by atoms with van der Waals surface area (Å²) in [7, 11) is 1.98. The van der Waals surface area contributed by atoms with Crippen LogP contribution in [0.1, 0.15) is 97.5 Å². The Morgan fingerprint density at radius 2 is 1.71 bits per heavy atom. The fraction of sp³-hybridized carbons (Fsp3) is 0.559. The molecular formula is C34H46FN9O4S. The molecule has 1 aliphatic carbocycles. The average molecular weight is 696 g/mol. The Bertz CT molecular complexity index is 1630. The third-order valence-corrected chi connectivity index (χ3v) is 10.5. The second-order valence-electron chi connectivity index (χ2n) is 13.6. The summed E-state index contributed by atoms with van der Waals surface area (Å²) in [6.45, 7) is 9.71. The fourth-order valence-electron chi connectivity index (χ4n) is 6.69. The van der Waals surface area contributed by atoms with Crippen molar-refractivity contribution in [1.82, 2.24) is 39.8 Å². The molecule has 0 radical (unpaired) electrons. The summed E-state index contributed by atoms with van der Waals surface area (Å²) in [4.78, 5) is 58.5. The van der Waals surface area contributed by atoms with E-state index >= 15 is 4.39 Å². The maximum atomic E-state index is 15.9. The summed E-state index contributed by atoms with van der Waals surface area (Å²) in [6.07, 6.45) is 7.29. The molecule has 0 bridgehead atoms. The third kappa shape index (κ3) is 8.15. The number of carbonyl (C=O) groups excluding carboxylic acids is 4. The number of likely N-dealkylation sites (N-methyl/N-ethyl adjacent to an activating group) is 1. The monoisotopic (exact) mass is 695 g/mol. The standard InChI is InChI=1S/C34H46FN9O4S/c1-21(2)44-27(13-14-37-44)30(45)40-34(4,24-9-7-6-8-10-24)33(48)38-26-12-11-23(19-25(26)35)22(3)29(39-31(46)28-20-36-41-49-28)32(47)43-17-15-42(5)16-18-43/h11-14,19-22,24,29H,6-10,15-18H2,1-5H3,(H,38,48)(H,39,46)(H,40,45)/t22-,29+,34+/m0/s1. The number of carbonyl (C=O) groups is 4. The zero-order valence-corrected chi connectivity index (χ0v) is 29.6. The molecule has 4 amide bonds. The zero-order valence-electron chi connectivity index (χ0n) is 28.7. The van der Waals surface area contributed by atoms with Gasteiger partial charge in [0, 0.05) is 44.3 Å². The molecule has 1 saturated heterocycles. The van der Waals surface area contributed by atoms with E-state index in [-0.39, 0.29) is 28.4 Å². The Morgan fingerprint density at radius 1 is 1.00 bits per heavy atom. The highest BCUT2D eigenvalue weighted by Crippen LogP contribution is 2.35. The minimum absolute atomic E-state index is 0.0498. The fourth-order valence-corrected chi connectivity index (χ4v) is 7.11. The Morgan fingerprint density at radius 3 is 2.35 bits per heavy atom. The van der Waals surface area contributed by atoms with Gasteiger partial charge in [-0.3, -0.25) is 23.9 Å². The summed E-state index contributed by atoms with van der Waals surface area (Å²) < 4.78 is 21.2. The number of benzene rings is 1. The molecule has 49 heavy (non-hydrogen) atoms. The van der Waals surface area contributed by atoms with Crippen molar-refractivity contribution >= 4 is 40.8 Å². The molecule has 15 heteroatoms. The number of hydrogen-bond acceptors (Lipinski definition) is 9. The molecule has 1 aromatic carbocycles. The van der Waals surface area contributed by atoms with Crippen LogP contribution in [0.15, 0.2) is 36.7 Å². The average Bonchev–Trinajstić information content (AvgIpc) is 3.82. The van der Waals surface area contributed by atoms with Gasteiger partial charge >= 0.3 is 0 Å². The minimum Gasteiger partial charge on any atom is -0.339 e. The molecule has 5 rings (SSSR count). The lowest BCUT2D eigenvalue weighted by molar-refractivity contribution is -0.135. The van der Waals surface area contributed by atoms with Crippen LogP contribution >= 0.6 is 11.5 Å². The van der Waals surface area contributed by atoms with Crippen molar-refractivity contribution in [3.05, 3.63) is 58.6 Å². The van der Waals surface area contributed by atoms with Crippen molar-refractivity contribution < 1.29 is 23.6 Å². The number of nitrogens with zero attached hydrogens (tertiary/aromatic N) is 6. The summed E-state index contributed by atoms with van der Waals surface area (Å²) in [6, 6.07) is 4.96. The van der Waals surface area contributed by atoms with Crippen molar-refractivity contribution in [1.29, 1.82) is 0 Å². The van der Waals surface area contributed by atoms with Crippen molar-refractivity contribution in [3.8, 4) is 0 Å². The van der Waals surface area contributed by atoms with Gasteiger partial charge in [-0.05, 0) is 81.9 Å². The van der Waals surface area contributed by atoms with Crippen LogP contribution in [0.2, 0.25) is 0 Å². The molecule has 2 aromatic heterocycles. The normalized spacial score (nSPS) is 18.4. The summed E-state index contributed by atoms with van der Waals surface area (Å²) in [5.41, 5.74) is -0.562. The molecule has 2 fully saturated rings. The van der Waals surface area contributed by atoms with Gasteiger partial charge in [-0.2, -0.15) is 5.10 Å². The van der Waals surface area contributed by atoms with Crippen molar-refractivity contribution in [2.75, 3.05) is 38.5 Å². The van der Waals surface area contributed by atoms with Crippen LogP contribution in [-0.4, -0.2) is 97.6 Å². The lowest BCUT2D eigenvalue weighted by Gasteiger charge is -2.39. The van der Waals surface area contributed by atoms with Gasteiger partial charge in [0.25, 0.3) is 11.8 Å². The van der Waals surface area contributed by atoms with Crippen LogP contribution in [0.3, 0.4) is 0 Å². The van der Waals surface area contributed by atoms with Crippen LogP contribution in [0.5, 0.6) is 0 Å². The van der Waals surface area contributed by atoms with E-state index in [9.17, 15) is 19.2 Å². The summed E-state index contributed by atoms with van der Waals surface area (Å²) in [5.74, 6) is -3.16. The van der Waals surface area contributed by atoms with E-state index in [1.165, 1.54) is 18.3 Å². The molecule has 1 saturated carbocycles. The lowest BCUT2D eigenvalue weighted by Crippen LogP contribution is -2.60. The van der Waals surface area contributed by atoms with Crippen LogP contribution < -0.4 is 16.0 Å². The number of anilines is 1. The molecule has 13 nitrogen and oxygen atoms in total. The molecule has 1 aliphatic heterocycles. The first-order valence-electron chi connectivity index (χ1n) is 16.9. The minimum atomic E-state index is -1.32. The second-order valence-corrected chi connectivity index (χ2v) is 14.4. The van der Waals surface area contributed by atoms with E-state index in [0.717, 1.165) is 43.6 Å². The number of halogens is 1. The van der Waals surface area contributed by atoms with E-state index in [1.807, 2.05) is 20.9 Å². The first-order chi connectivity index (χ1) is 23.4. The molecule has 3 atom stereocenters. The first-order valence-corrected chi connectivity index (χ1v) is 17.7. The molecular weight excluding hydrogens is 649 g/mol. The molecule has 0 unspecified atom stereocenters. The van der Waals surface area contributed by atoms with Gasteiger partial charge < -0.3 is 25.8 Å². The molecule has 2 aliphatic rings. The summed E-state index contributed by atoms with van der Waals surface area (Å²) in [5, 5.41) is 16.6. The largest absolute Gasteiger partial charge is 0.339 e. The molecule has 3 N–H and O–H groups in total. The van der Waals surface area contributed by atoms with Gasteiger partial charge in [0.05, 0.1) is 11.9 Å². The molecule has 264 valence electrons. The highest BCUT2D eigenvalue weighted by Gasteiger charge is 2.44. The van der Waals surface area contributed by atoms with E-state index in [0.29, 0.717) is 37.4 Å². The van der Waals surface area contributed by atoms with Gasteiger partial charge in [-0.1, -0.05) is 36.7 Å². The number of piperazine rings is 1. The van der Waals surface area contributed by atoms with Crippen LogP contribution in [0, 0.1) is 11.7 Å². The smallest absolute Gasteiger partial charge is 0.270 e. The number of nitrogens with one attached hydrogen (secondary N) is 3. The SMILES string of the molecule is CC(C)n1nccc1C(=O)N[C@@](C)(C(=O)Nc1ccc([C@H](C)[C@@H](NC(=O)c2cnns2)C(=O)N2CCN(C)CC2)cc1F)C1CCCCC1. The van der Waals surface area contributed by atoms with Gasteiger partial charge in [-0.15, -0.1) is 5.10 Å². The van der Waals surface area contributed by atoms with Crippen LogP contribution in [-0.2, 0) is 9.59 Å². The second kappa shape index (κ2) is 15.5. The number of rotatable bonds is 11. The van der Waals surface area contributed by atoms with Gasteiger partial charge in [0.1, 0.15) is 28.0 Å².